The normalized spacial score (nSPS) is 10.5. The zero-order chi connectivity index (χ0) is 10.8. The third kappa shape index (κ3) is 1.52. The quantitative estimate of drug-likeness (QED) is 0.649. The van der Waals surface area contributed by atoms with E-state index in [0.717, 1.165) is 16.7 Å². The second-order valence-electron chi connectivity index (χ2n) is 3.40. The summed E-state index contributed by atoms with van der Waals surface area (Å²) in [5.74, 6) is 1.17. The summed E-state index contributed by atoms with van der Waals surface area (Å²) >= 11 is 0. The lowest BCUT2D eigenvalue weighted by molar-refractivity contribution is 0.296. The van der Waals surface area contributed by atoms with E-state index in [1.54, 1.807) is 0 Å². The van der Waals surface area contributed by atoms with Crippen molar-refractivity contribution >= 4 is 10.9 Å². The molecule has 78 valence electrons. The molecule has 0 amide bonds. The van der Waals surface area contributed by atoms with Crippen molar-refractivity contribution in [2.24, 2.45) is 0 Å². The van der Waals surface area contributed by atoms with Crippen LogP contribution in [0.15, 0.2) is 59.1 Å². The van der Waals surface area contributed by atoms with E-state index >= 15 is 0 Å². The van der Waals surface area contributed by atoms with Crippen LogP contribution in [0.25, 0.3) is 10.9 Å². The Hall–Kier alpha value is -2.29. The fraction of sp³-hybridized carbons (Fsp3) is 0. The van der Waals surface area contributed by atoms with Crippen molar-refractivity contribution in [3.8, 4) is 11.7 Å². The molecule has 16 heavy (non-hydrogen) atoms. The second kappa shape index (κ2) is 3.70. The fourth-order valence-electron chi connectivity index (χ4n) is 1.53. The molecular formula is C13H9NO2. The van der Waals surface area contributed by atoms with Gasteiger partial charge in [0.25, 0.3) is 0 Å². The van der Waals surface area contributed by atoms with Crippen molar-refractivity contribution in [2.75, 3.05) is 0 Å². The van der Waals surface area contributed by atoms with E-state index < -0.39 is 0 Å². The number of ether oxygens (including phenoxy) is 1. The Morgan fingerprint density at radius 1 is 0.875 bits per heavy atom. The van der Waals surface area contributed by atoms with Gasteiger partial charge in [0.1, 0.15) is 11.3 Å². The number of benzene rings is 2. The topological polar surface area (TPSA) is 35.3 Å². The summed E-state index contributed by atoms with van der Waals surface area (Å²) in [7, 11) is 0. The van der Waals surface area contributed by atoms with Crippen molar-refractivity contribution in [1.29, 1.82) is 0 Å². The van der Waals surface area contributed by atoms with Gasteiger partial charge in [0, 0.05) is 0 Å². The molecule has 0 bridgehead atoms. The Morgan fingerprint density at radius 3 is 2.50 bits per heavy atom. The fourth-order valence-corrected chi connectivity index (χ4v) is 1.53. The van der Waals surface area contributed by atoms with Gasteiger partial charge in [0.05, 0.1) is 5.39 Å². The van der Waals surface area contributed by atoms with E-state index in [0.29, 0.717) is 5.95 Å². The first kappa shape index (κ1) is 8.97. The number of nitrogens with zero attached hydrogens (tertiary/aromatic N) is 1. The second-order valence-corrected chi connectivity index (χ2v) is 3.40. The molecule has 0 fully saturated rings. The molecule has 0 saturated carbocycles. The van der Waals surface area contributed by atoms with Gasteiger partial charge in [-0.15, -0.1) is 0 Å². The molecule has 2 aromatic carbocycles. The van der Waals surface area contributed by atoms with Gasteiger partial charge in [-0.3, -0.25) is 0 Å². The zero-order valence-electron chi connectivity index (χ0n) is 8.46. The summed E-state index contributed by atoms with van der Waals surface area (Å²) < 4.78 is 10.7. The van der Waals surface area contributed by atoms with Gasteiger partial charge in [-0.2, -0.15) is 0 Å². The highest BCUT2D eigenvalue weighted by Gasteiger charge is 2.08. The molecule has 0 aliphatic heterocycles. The maximum absolute atomic E-state index is 5.60. The molecule has 3 rings (SSSR count). The number of fused-ring (bicyclic) bond motifs is 1. The van der Waals surface area contributed by atoms with Crippen LogP contribution in [0, 0.1) is 0 Å². The van der Waals surface area contributed by atoms with Gasteiger partial charge in [0.15, 0.2) is 0 Å². The van der Waals surface area contributed by atoms with Gasteiger partial charge in [-0.05, 0) is 24.3 Å². The van der Waals surface area contributed by atoms with Crippen molar-refractivity contribution in [3.63, 3.8) is 0 Å². The maximum Gasteiger partial charge on any atom is 0.324 e. The highest BCUT2D eigenvalue weighted by molar-refractivity contribution is 5.82. The van der Waals surface area contributed by atoms with E-state index in [1.165, 1.54) is 0 Å². The minimum absolute atomic E-state index is 0.432. The number of rotatable bonds is 2. The first-order valence-corrected chi connectivity index (χ1v) is 5.01. The van der Waals surface area contributed by atoms with E-state index in [2.05, 4.69) is 5.16 Å². The van der Waals surface area contributed by atoms with Gasteiger partial charge < -0.3 is 9.26 Å². The smallest absolute Gasteiger partial charge is 0.324 e. The molecule has 0 atom stereocenters. The molecule has 0 aliphatic carbocycles. The van der Waals surface area contributed by atoms with Crippen LogP contribution in [0.2, 0.25) is 0 Å². The van der Waals surface area contributed by atoms with Crippen molar-refractivity contribution in [1.82, 2.24) is 5.16 Å². The number of hydrogen-bond donors (Lipinski definition) is 0. The molecule has 0 spiro atoms. The van der Waals surface area contributed by atoms with Crippen LogP contribution in [0.3, 0.4) is 0 Å². The SMILES string of the molecule is c1ccc(Oc2onc3ccccc23)cc1. The lowest BCUT2D eigenvalue weighted by Gasteiger charge is -1.99. The average Bonchev–Trinajstić information content (AvgIpc) is 2.74. The first-order chi connectivity index (χ1) is 7.93. The van der Waals surface area contributed by atoms with Crippen LogP contribution in [-0.4, -0.2) is 5.16 Å². The van der Waals surface area contributed by atoms with Crippen LogP contribution in [0.5, 0.6) is 11.7 Å². The van der Waals surface area contributed by atoms with Crippen LogP contribution in [-0.2, 0) is 0 Å². The van der Waals surface area contributed by atoms with Crippen molar-refractivity contribution in [3.05, 3.63) is 54.6 Å². The van der Waals surface area contributed by atoms with E-state index in [9.17, 15) is 0 Å². The predicted octanol–water partition coefficient (Wildman–Crippen LogP) is 3.62. The summed E-state index contributed by atoms with van der Waals surface area (Å²) in [6.45, 7) is 0. The third-order valence-corrected chi connectivity index (χ3v) is 2.30. The predicted molar refractivity (Wildman–Crippen MR) is 60.5 cm³/mol. The summed E-state index contributed by atoms with van der Waals surface area (Å²) in [4.78, 5) is 0. The van der Waals surface area contributed by atoms with E-state index in [4.69, 9.17) is 9.26 Å². The summed E-state index contributed by atoms with van der Waals surface area (Å²) in [5.41, 5.74) is 0.799. The summed E-state index contributed by atoms with van der Waals surface area (Å²) in [5, 5.41) is 4.80. The van der Waals surface area contributed by atoms with Crippen LogP contribution in [0.4, 0.5) is 0 Å². The molecule has 3 aromatic rings. The minimum Gasteiger partial charge on any atom is -0.424 e. The molecule has 1 heterocycles. The molecule has 3 nitrogen and oxygen atoms in total. The number of aromatic nitrogens is 1. The Morgan fingerprint density at radius 2 is 1.62 bits per heavy atom. The molecule has 0 unspecified atom stereocenters. The Labute approximate surface area is 92.2 Å². The summed E-state index contributed by atoms with van der Waals surface area (Å²) in [6.07, 6.45) is 0. The highest BCUT2D eigenvalue weighted by Crippen LogP contribution is 2.29. The Bertz CT molecular complexity index is 601. The van der Waals surface area contributed by atoms with Crippen LogP contribution >= 0.6 is 0 Å². The zero-order valence-corrected chi connectivity index (χ0v) is 8.46. The molecule has 0 saturated heterocycles. The maximum atomic E-state index is 5.60. The molecule has 1 aromatic heterocycles. The largest absolute Gasteiger partial charge is 0.424 e. The lowest BCUT2D eigenvalue weighted by Crippen LogP contribution is -1.80. The van der Waals surface area contributed by atoms with E-state index in [1.807, 2.05) is 54.6 Å². The van der Waals surface area contributed by atoms with Crippen LogP contribution < -0.4 is 4.74 Å². The molecule has 3 heteroatoms. The molecule has 0 aliphatic rings. The first-order valence-electron chi connectivity index (χ1n) is 5.01. The Balaban J connectivity index is 2.01. The van der Waals surface area contributed by atoms with Crippen LogP contribution in [0.1, 0.15) is 0 Å². The molecule has 0 radical (unpaired) electrons. The van der Waals surface area contributed by atoms with Crippen molar-refractivity contribution < 1.29 is 9.26 Å². The Kier molecular flexibility index (Phi) is 2.07. The number of para-hydroxylation sites is 1. The lowest BCUT2D eigenvalue weighted by atomic mass is 10.2. The van der Waals surface area contributed by atoms with Crippen molar-refractivity contribution in [2.45, 2.75) is 0 Å². The number of hydrogen-bond acceptors (Lipinski definition) is 3. The van der Waals surface area contributed by atoms with Gasteiger partial charge in [0.2, 0.25) is 0 Å². The average molecular weight is 211 g/mol. The molecular weight excluding hydrogens is 202 g/mol. The van der Waals surface area contributed by atoms with Gasteiger partial charge in [-0.1, -0.05) is 35.5 Å². The van der Waals surface area contributed by atoms with E-state index in [-0.39, 0.29) is 0 Å². The highest BCUT2D eigenvalue weighted by atomic mass is 16.6. The standard InChI is InChI=1S/C13H9NO2/c1-2-6-10(7-3-1)15-13-11-8-4-5-9-12(11)14-16-13/h1-9H. The van der Waals surface area contributed by atoms with Gasteiger partial charge >= 0.3 is 5.95 Å². The monoisotopic (exact) mass is 211 g/mol. The van der Waals surface area contributed by atoms with Gasteiger partial charge in [-0.25, -0.2) is 0 Å². The minimum atomic E-state index is 0.432. The molecule has 0 N–H and O–H groups in total. The third-order valence-electron chi connectivity index (χ3n) is 2.30. The summed E-state index contributed by atoms with van der Waals surface area (Å²) in [6, 6.07) is 17.1.